The number of anilines is 1. The van der Waals surface area contributed by atoms with Crippen LogP contribution in [0.15, 0.2) is 54.9 Å². The van der Waals surface area contributed by atoms with Crippen LogP contribution in [-0.4, -0.2) is 47.4 Å². The molecule has 0 aliphatic carbocycles. The molecule has 3 aromatic rings. The molecular formula is C22H19Cl2FN4O2S. The van der Waals surface area contributed by atoms with Crippen molar-refractivity contribution < 1.29 is 14.0 Å². The lowest BCUT2D eigenvalue weighted by molar-refractivity contribution is -0.123. The van der Waals surface area contributed by atoms with Crippen LogP contribution in [0.1, 0.15) is 15.2 Å². The minimum atomic E-state index is -0.661. The molecule has 10 heteroatoms. The summed E-state index contributed by atoms with van der Waals surface area (Å²) in [5.74, 6) is -0.460. The van der Waals surface area contributed by atoms with Gasteiger partial charge in [0.05, 0.1) is 28.7 Å². The maximum atomic E-state index is 13.3. The summed E-state index contributed by atoms with van der Waals surface area (Å²) >= 11 is 13.2. The Labute approximate surface area is 198 Å². The molecule has 1 aliphatic heterocycles. The molecule has 166 valence electrons. The molecule has 32 heavy (non-hydrogen) atoms. The molecule has 2 aromatic heterocycles. The molecule has 0 bridgehead atoms. The molecule has 1 atom stereocenters. The number of thiophene rings is 1. The number of rotatable bonds is 5. The second kappa shape index (κ2) is 9.85. The zero-order valence-electron chi connectivity index (χ0n) is 16.8. The maximum absolute atomic E-state index is 13.3. The van der Waals surface area contributed by atoms with Crippen molar-refractivity contribution in [3.05, 3.63) is 80.5 Å². The number of nitrogens with zero attached hydrogens (tertiary/aromatic N) is 3. The van der Waals surface area contributed by atoms with Crippen LogP contribution in [0.3, 0.4) is 0 Å². The quantitative estimate of drug-likeness (QED) is 0.578. The van der Waals surface area contributed by atoms with Crippen molar-refractivity contribution in [3.63, 3.8) is 0 Å². The molecule has 2 amide bonds. The summed E-state index contributed by atoms with van der Waals surface area (Å²) in [6, 6.07) is 10.9. The maximum Gasteiger partial charge on any atom is 0.255 e. The molecule has 0 radical (unpaired) electrons. The van der Waals surface area contributed by atoms with Gasteiger partial charge in [0.1, 0.15) is 6.04 Å². The van der Waals surface area contributed by atoms with Crippen LogP contribution in [0.5, 0.6) is 0 Å². The number of amides is 2. The van der Waals surface area contributed by atoms with E-state index in [2.05, 4.69) is 10.3 Å². The van der Waals surface area contributed by atoms with Crippen molar-refractivity contribution in [2.75, 3.05) is 24.5 Å². The van der Waals surface area contributed by atoms with E-state index in [4.69, 9.17) is 23.2 Å². The Kier molecular flexibility index (Phi) is 6.93. The van der Waals surface area contributed by atoms with Crippen LogP contribution in [0.25, 0.3) is 0 Å². The second-order valence-corrected chi connectivity index (χ2v) is 9.16. The summed E-state index contributed by atoms with van der Waals surface area (Å²) in [5.41, 5.74) is 1.19. The Hall–Kier alpha value is -2.68. The van der Waals surface area contributed by atoms with E-state index in [9.17, 15) is 14.0 Å². The molecule has 0 unspecified atom stereocenters. The summed E-state index contributed by atoms with van der Waals surface area (Å²) in [6.45, 7) is 1.23. The Morgan fingerprint density at radius 2 is 2.00 bits per heavy atom. The fourth-order valence-electron chi connectivity index (χ4n) is 3.58. The number of hydrogen-bond acceptors (Lipinski definition) is 5. The van der Waals surface area contributed by atoms with Crippen LogP contribution < -0.4 is 10.2 Å². The molecule has 4 rings (SSSR count). The minimum absolute atomic E-state index is 0.179. The van der Waals surface area contributed by atoms with Gasteiger partial charge in [0.25, 0.3) is 5.91 Å². The van der Waals surface area contributed by atoms with Gasteiger partial charge >= 0.3 is 0 Å². The van der Waals surface area contributed by atoms with Gasteiger partial charge in [-0.1, -0.05) is 23.2 Å². The van der Waals surface area contributed by atoms with E-state index in [0.29, 0.717) is 33.6 Å². The first-order valence-electron chi connectivity index (χ1n) is 9.85. The highest BCUT2D eigenvalue weighted by Gasteiger charge is 2.35. The molecule has 1 aromatic carbocycles. The molecule has 1 aliphatic rings. The lowest BCUT2D eigenvalue weighted by atomic mass is 10.1. The molecule has 3 heterocycles. The van der Waals surface area contributed by atoms with Gasteiger partial charge in [-0.15, -0.1) is 11.3 Å². The predicted molar refractivity (Wildman–Crippen MR) is 124 cm³/mol. The third-order valence-electron chi connectivity index (χ3n) is 5.18. The van der Waals surface area contributed by atoms with Gasteiger partial charge < -0.3 is 15.1 Å². The summed E-state index contributed by atoms with van der Waals surface area (Å²) in [5, 5.41) is 3.35. The third kappa shape index (κ3) is 5.03. The zero-order valence-corrected chi connectivity index (χ0v) is 19.1. The van der Waals surface area contributed by atoms with E-state index >= 15 is 0 Å². The van der Waals surface area contributed by atoms with Gasteiger partial charge in [-0.2, -0.15) is 4.39 Å². The van der Waals surface area contributed by atoms with Gasteiger partial charge in [0, 0.05) is 36.0 Å². The molecule has 0 spiro atoms. The Bertz CT molecular complexity index is 1130. The van der Waals surface area contributed by atoms with E-state index in [-0.39, 0.29) is 30.0 Å². The number of carbonyl (C=O) groups excluding carboxylic acids is 2. The zero-order chi connectivity index (χ0) is 22.7. The van der Waals surface area contributed by atoms with Crippen LogP contribution in [0.4, 0.5) is 10.1 Å². The largest absolute Gasteiger partial charge is 0.356 e. The van der Waals surface area contributed by atoms with Gasteiger partial charge in [-0.05, 0) is 42.5 Å². The van der Waals surface area contributed by atoms with Crippen LogP contribution in [0.2, 0.25) is 10.0 Å². The van der Waals surface area contributed by atoms with Crippen molar-refractivity contribution in [1.29, 1.82) is 0 Å². The first-order valence-corrected chi connectivity index (χ1v) is 11.4. The SMILES string of the molecule is O=C(NCc1ccc(F)s1)[C@@H]1CN(C(=O)c2cccnc2)CCN1c1ccc(Cl)c(Cl)c1. The lowest BCUT2D eigenvalue weighted by Gasteiger charge is -2.42. The average molecular weight is 493 g/mol. The fourth-order valence-corrected chi connectivity index (χ4v) is 4.53. The predicted octanol–water partition coefficient (Wildman–Crippen LogP) is 4.24. The number of hydrogen-bond donors (Lipinski definition) is 1. The highest BCUT2D eigenvalue weighted by Crippen LogP contribution is 2.29. The van der Waals surface area contributed by atoms with Crippen LogP contribution >= 0.6 is 34.5 Å². The van der Waals surface area contributed by atoms with Gasteiger partial charge in [0.2, 0.25) is 5.91 Å². The van der Waals surface area contributed by atoms with Crippen LogP contribution in [-0.2, 0) is 11.3 Å². The monoisotopic (exact) mass is 492 g/mol. The Morgan fingerprint density at radius 1 is 1.16 bits per heavy atom. The first kappa shape index (κ1) is 22.5. The number of carbonyl (C=O) groups is 2. The molecule has 6 nitrogen and oxygen atoms in total. The first-order chi connectivity index (χ1) is 15.4. The number of aromatic nitrogens is 1. The molecule has 1 N–H and O–H groups in total. The van der Waals surface area contributed by atoms with Crippen molar-refractivity contribution in [2.24, 2.45) is 0 Å². The summed E-state index contributed by atoms with van der Waals surface area (Å²) < 4.78 is 13.3. The molecule has 1 saturated heterocycles. The van der Waals surface area contributed by atoms with Gasteiger partial charge in [0.15, 0.2) is 5.13 Å². The van der Waals surface area contributed by atoms with Gasteiger partial charge in [-0.3, -0.25) is 14.6 Å². The van der Waals surface area contributed by atoms with Gasteiger partial charge in [-0.25, -0.2) is 0 Å². The number of halogens is 3. The van der Waals surface area contributed by atoms with Crippen molar-refractivity contribution >= 4 is 52.0 Å². The van der Waals surface area contributed by atoms with E-state index in [1.54, 1.807) is 47.5 Å². The van der Waals surface area contributed by atoms with E-state index in [0.717, 1.165) is 17.0 Å². The Balaban J connectivity index is 1.56. The minimum Gasteiger partial charge on any atom is -0.356 e. The standard InChI is InChI=1S/C22H19Cl2FN4O2S/c23-17-5-3-15(10-18(17)24)29-9-8-28(22(31)14-2-1-7-26-11-14)13-19(29)21(30)27-12-16-4-6-20(25)32-16/h1-7,10-11,19H,8-9,12-13H2,(H,27,30)/t19-/m0/s1. The summed E-state index contributed by atoms with van der Waals surface area (Å²) in [7, 11) is 0. The molecule has 0 saturated carbocycles. The number of pyridine rings is 1. The summed E-state index contributed by atoms with van der Waals surface area (Å²) in [4.78, 5) is 34.4. The Morgan fingerprint density at radius 3 is 2.69 bits per heavy atom. The highest BCUT2D eigenvalue weighted by molar-refractivity contribution is 7.10. The normalized spacial score (nSPS) is 16.2. The molecule has 1 fully saturated rings. The smallest absolute Gasteiger partial charge is 0.255 e. The van der Waals surface area contributed by atoms with Crippen molar-refractivity contribution in [3.8, 4) is 0 Å². The van der Waals surface area contributed by atoms with E-state index in [1.165, 1.54) is 12.3 Å². The average Bonchev–Trinajstić information content (AvgIpc) is 3.24. The summed E-state index contributed by atoms with van der Waals surface area (Å²) in [6.07, 6.45) is 3.11. The number of nitrogens with one attached hydrogen (secondary N) is 1. The third-order valence-corrected chi connectivity index (χ3v) is 6.79. The lowest BCUT2D eigenvalue weighted by Crippen LogP contribution is -2.60. The topological polar surface area (TPSA) is 65.5 Å². The van der Waals surface area contributed by atoms with Crippen molar-refractivity contribution in [2.45, 2.75) is 12.6 Å². The fraction of sp³-hybridized carbons (Fsp3) is 0.227. The van der Waals surface area contributed by atoms with E-state index < -0.39 is 6.04 Å². The van der Waals surface area contributed by atoms with Crippen LogP contribution in [0, 0.1) is 5.13 Å². The highest BCUT2D eigenvalue weighted by atomic mass is 35.5. The number of piperazine rings is 1. The molecular weight excluding hydrogens is 474 g/mol. The van der Waals surface area contributed by atoms with E-state index in [1.807, 2.05) is 4.90 Å². The van der Waals surface area contributed by atoms with Crippen molar-refractivity contribution in [1.82, 2.24) is 15.2 Å². The second-order valence-electron chi connectivity index (χ2n) is 7.22. The number of benzene rings is 1.